The van der Waals surface area contributed by atoms with Crippen LogP contribution < -0.4 is 9.64 Å². The van der Waals surface area contributed by atoms with Gasteiger partial charge in [-0.05, 0) is 53.8 Å². The van der Waals surface area contributed by atoms with Crippen LogP contribution in [-0.2, 0) is 9.59 Å². The summed E-state index contributed by atoms with van der Waals surface area (Å²) in [5.74, 6) is 0.597. The Balaban J connectivity index is 1.79. The van der Waals surface area contributed by atoms with E-state index in [1.54, 1.807) is 23.1 Å². The monoisotopic (exact) mass is 435 g/mol. The van der Waals surface area contributed by atoms with Crippen molar-refractivity contribution in [3.05, 3.63) is 83.0 Å². The molecule has 2 aliphatic rings. The van der Waals surface area contributed by atoms with Crippen LogP contribution in [0, 0.1) is 5.41 Å². The first-order valence-corrected chi connectivity index (χ1v) is 10.9. The quantitative estimate of drug-likeness (QED) is 0.535. The Morgan fingerprint density at radius 1 is 1.10 bits per heavy atom. The second-order valence-corrected chi connectivity index (χ2v) is 9.37. The van der Waals surface area contributed by atoms with E-state index in [1.807, 2.05) is 36.4 Å². The molecule has 1 amide bonds. The predicted molar refractivity (Wildman–Crippen MR) is 123 cm³/mol. The van der Waals surface area contributed by atoms with E-state index in [1.165, 1.54) is 0 Å². The van der Waals surface area contributed by atoms with Crippen molar-refractivity contribution in [2.24, 2.45) is 5.41 Å². The number of amides is 1. The molecule has 5 heteroatoms. The fraction of sp³-hybridized carbons (Fsp3) is 0.308. The van der Waals surface area contributed by atoms with Crippen LogP contribution >= 0.6 is 11.6 Å². The molecule has 2 aromatic carbocycles. The first kappa shape index (κ1) is 21.4. The Morgan fingerprint density at radius 2 is 1.77 bits per heavy atom. The molecule has 4 rings (SSSR count). The number of rotatable bonds is 5. The molecule has 0 saturated carbocycles. The van der Waals surface area contributed by atoms with E-state index in [0.717, 1.165) is 28.3 Å². The highest BCUT2D eigenvalue weighted by atomic mass is 35.5. The lowest BCUT2D eigenvalue weighted by Gasteiger charge is -2.43. The normalized spacial score (nSPS) is 20.5. The highest BCUT2D eigenvalue weighted by molar-refractivity contribution is 6.30. The van der Waals surface area contributed by atoms with Gasteiger partial charge in [-0.1, -0.05) is 50.2 Å². The van der Waals surface area contributed by atoms with Crippen molar-refractivity contribution in [2.75, 3.05) is 11.5 Å². The van der Waals surface area contributed by atoms with Gasteiger partial charge < -0.3 is 4.74 Å². The highest BCUT2D eigenvalue weighted by Gasteiger charge is 2.44. The largest absolute Gasteiger partial charge is 0.490 e. The van der Waals surface area contributed by atoms with Gasteiger partial charge in [0, 0.05) is 40.7 Å². The van der Waals surface area contributed by atoms with Crippen molar-refractivity contribution in [2.45, 2.75) is 39.0 Å². The summed E-state index contributed by atoms with van der Waals surface area (Å²) in [6.45, 7) is 8.25. The molecule has 31 heavy (non-hydrogen) atoms. The molecular formula is C26H26ClNO3. The number of carbonyl (C=O) groups excluding carboxylic acids is 2. The van der Waals surface area contributed by atoms with Gasteiger partial charge >= 0.3 is 0 Å². The van der Waals surface area contributed by atoms with E-state index in [-0.39, 0.29) is 29.4 Å². The van der Waals surface area contributed by atoms with Gasteiger partial charge in [0.25, 0.3) is 0 Å². The van der Waals surface area contributed by atoms with Crippen molar-refractivity contribution in [1.82, 2.24) is 0 Å². The Hall–Kier alpha value is -2.85. The summed E-state index contributed by atoms with van der Waals surface area (Å²) in [6, 6.07) is 14.9. The van der Waals surface area contributed by atoms with Crippen molar-refractivity contribution in [3.63, 3.8) is 0 Å². The van der Waals surface area contributed by atoms with Crippen LogP contribution in [0.25, 0.3) is 0 Å². The zero-order chi connectivity index (χ0) is 22.2. The Morgan fingerprint density at radius 3 is 2.42 bits per heavy atom. The van der Waals surface area contributed by atoms with E-state index in [9.17, 15) is 9.59 Å². The lowest BCUT2D eigenvalue weighted by atomic mass is 9.69. The molecule has 0 bridgehead atoms. The van der Waals surface area contributed by atoms with Gasteiger partial charge in [-0.2, -0.15) is 0 Å². The van der Waals surface area contributed by atoms with E-state index in [4.69, 9.17) is 16.3 Å². The summed E-state index contributed by atoms with van der Waals surface area (Å²) in [7, 11) is 0. The molecule has 1 unspecified atom stereocenters. The van der Waals surface area contributed by atoms with E-state index < -0.39 is 0 Å². The van der Waals surface area contributed by atoms with Crippen LogP contribution in [0.4, 0.5) is 5.69 Å². The number of hydrogen-bond donors (Lipinski definition) is 0. The molecule has 0 radical (unpaired) electrons. The molecule has 1 aliphatic carbocycles. The molecule has 1 atom stereocenters. The number of ether oxygens (including phenoxy) is 1. The van der Waals surface area contributed by atoms with Crippen LogP contribution in [-0.4, -0.2) is 18.3 Å². The van der Waals surface area contributed by atoms with Crippen molar-refractivity contribution in [1.29, 1.82) is 0 Å². The summed E-state index contributed by atoms with van der Waals surface area (Å²) >= 11 is 6.06. The summed E-state index contributed by atoms with van der Waals surface area (Å²) in [5.41, 5.74) is 3.07. The third-order valence-corrected chi connectivity index (χ3v) is 6.13. The standard InChI is InChI=1S/C26H26ClNO3/c1-4-13-31-20-11-5-17(6-12-20)21-14-24(30)28(19-9-7-18(27)8-10-19)22-15-26(2,3)16-23(29)25(21)22/h4-12,21H,1,13-16H2,2-3H3. The molecule has 0 spiro atoms. The summed E-state index contributed by atoms with van der Waals surface area (Å²) in [6.07, 6.45) is 3.09. The third-order valence-electron chi connectivity index (χ3n) is 5.88. The van der Waals surface area contributed by atoms with Crippen molar-refractivity contribution >= 4 is 29.0 Å². The minimum absolute atomic E-state index is 0.0106. The average Bonchev–Trinajstić information content (AvgIpc) is 2.72. The number of nitrogens with zero attached hydrogens (tertiary/aromatic N) is 1. The van der Waals surface area contributed by atoms with Crippen molar-refractivity contribution < 1.29 is 14.3 Å². The molecule has 1 heterocycles. The van der Waals surface area contributed by atoms with Crippen LogP contribution in [0.3, 0.4) is 0 Å². The van der Waals surface area contributed by atoms with Crippen LogP contribution in [0.1, 0.15) is 44.6 Å². The Kier molecular flexibility index (Phi) is 5.76. The molecule has 0 fully saturated rings. The molecule has 0 aromatic heterocycles. The molecule has 0 saturated heterocycles. The van der Waals surface area contributed by atoms with Gasteiger partial charge in [-0.15, -0.1) is 0 Å². The Bertz CT molecular complexity index is 1050. The zero-order valence-electron chi connectivity index (χ0n) is 17.9. The number of carbonyl (C=O) groups is 2. The number of allylic oxidation sites excluding steroid dienone is 2. The van der Waals surface area contributed by atoms with Gasteiger partial charge in [0.05, 0.1) is 0 Å². The minimum Gasteiger partial charge on any atom is -0.490 e. The number of ketones is 1. The number of halogens is 1. The zero-order valence-corrected chi connectivity index (χ0v) is 18.6. The average molecular weight is 436 g/mol. The summed E-state index contributed by atoms with van der Waals surface area (Å²) in [4.78, 5) is 28.4. The third kappa shape index (κ3) is 4.31. The first-order valence-electron chi connectivity index (χ1n) is 10.5. The predicted octanol–water partition coefficient (Wildman–Crippen LogP) is 6.07. The van der Waals surface area contributed by atoms with E-state index >= 15 is 0 Å². The summed E-state index contributed by atoms with van der Waals surface area (Å²) < 4.78 is 5.58. The van der Waals surface area contributed by atoms with Gasteiger partial charge in [0.1, 0.15) is 12.4 Å². The SMILES string of the molecule is C=CCOc1ccc(C2CC(=O)N(c3ccc(Cl)cc3)C3=C2C(=O)CC(C)(C)C3)cc1. The number of benzene rings is 2. The molecule has 4 nitrogen and oxygen atoms in total. The lowest BCUT2D eigenvalue weighted by molar-refractivity contribution is -0.121. The fourth-order valence-corrected chi connectivity index (χ4v) is 4.67. The van der Waals surface area contributed by atoms with Gasteiger partial charge in [-0.25, -0.2) is 0 Å². The number of hydrogen-bond acceptors (Lipinski definition) is 3. The maximum Gasteiger partial charge on any atom is 0.232 e. The van der Waals surface area contributed by atoms with E-state index in [0.29, 0.717) is 24.5 Å². The molecular weight excluding hydrogens is 410 g/mol. The topological polar surface area (TPSA) is 46.6 Å². The van der Waals surface area contributed by atoms with Crippen LogP contribution in [0.15, 0.2) is 72.5 Å². The lowest BCUT2D eigenvalue weighted by Crippen LogP contribution is -2.43. The first-order chi connectivity index (χ1) is 14.8. The molecule has 160 valence electrons. The second-order valence-electron chi connectivity index (χ2n) is 8.93. The maximum atomic E-state index is 13.4. The van der Waals surface area contributed by atoms with Crippen LogP contribution in [0.2, 0.25) is 5.02 Å². The van der Waals surface area contributed by atoms with Crippen molar-refractivity contribution in [3.8, 4) is 5.75 Å². The van der Waals surface area contributed by atoms with Gasteiger partial charge in [0.2, 0.25) is 5.91 Å². The van der Waals surface area contributed by atoms with Crippen LogP contribution in [0.5, 0.6) is 5.75 Å². The Labute approximate surface area is 188 Å². The molecule has 1 aliphatic heterocycles. The smallest absolute Gasteiger partial charge is 0.232 e. The highest BCUT2D eigenvalue weighted by Crippen LogP contribution is 2.48. The van der Waals surface area contributed by atoms with Gasteiger partial charge in [-0.3, -0.25) is 14.5 Å². The molecule has 0 N–H and O–H groups in total. The van der Waals surface area contributed by atoms with E-state index in [2.05, 4.69) is 20.4 Å². The summed E-state index contributed by atoms with van der Waals surface area (Å²) in [5, 5.41) is 0.610. The number of Topliss-reactive ketones (excluding diaryl/α,β-unsaturated/α-hetero) is 1. The fourth-order valence-electron chi connectivity index (χ4n) is 4.54. The molecule has 2 aromatic rings. The maximum absolute atomic E-state index is 13.4. The minimum atomic E-state index is -0.247. The second kappa shape index (κ2) is 8.35. The number of anilines is 1. The van der Waals surface area contributed by atoms with Gasteiger partial charge in [0.15, 0.2) is 5.78 Å².